The van der Waals surface area contributed by atoms with Gasteiger partial charge in [-0.15, -0.1) is 0 Å². The molecule has 0 spiro atoms. The normalized spacial score (nSPS) is 12.3. The summed E-state index contributed by atoms with van der Waals surface area (Å²) in [4.78, 5) is 21.9. The molecule has 1 aromatic carbocycles. The standard InChI is InChI=1S/C16H11N3O2S/c1-21-11-6-4-10(5-7-11)9-13-15(20)19-14-12(3-2-8-17-14)18-16(19)22-13/h2-9H,1H3/b13-9-. The quantitative estimate of drug-likeness (QED) is 0.567. The molecule has 22 heavy (non-hydrogen) atoms. The Bertz CT molecular complexity index is 1080. The maximum Gasteiger partial charge on any atom is 0.276 e. The molecule has 3 heterocycles. The molecule has 6 heteroatoms. The van der Waals surface area contributed by atoms with Crippen molar-refractivity contribution in [3.8, 4) is 5.75 Å². The van der Waals surface area contributed by atoms with Crippen LogP contribution in [0, 0.1) is 0 Å². The lowest BCUT2D eigenvalue weighted by Gasteiger charge is -1.98. The molecule has 0 radical (unpaired) electrons. The maximum atomic E-state index is 12.6. The van der Waals surface area contributed by atoms with Crippen LogP contribution in [0.25, 0.3) is 22.2 Å². The highest BCUT2D eigenvalue weighted by Crippen LogP contribution is 2.14. The van der Waals surface area contributed by atoms with Crippen molar-refractivity contribution in [2.45, 2.75) is 0 Å². The summed E-state index contributed by atoms with van der Waals surface area (Å²) >= 11 is 1.37. The molecule has 4 rings (SSSR count). The molecule has 0 saturated carbocycles. The van der Waals surface area contributed by atoms with Gasteiger partial charge in [-0.1, -0.05) is 23.5 Å². The van der Waals surface area contributed by atoms with Crippen molar-refractivity contribution in [1.82, 2.24) is 14.4 Å². The molecular weight excluding hydrogens is 298 g/mol. The third-order valence-electron chi connectivity index (χ3n) is 3.41. The van der Waals surface area contributed by atoms with E-state index in [1.807, 2.05) is 42.5 Å². The molecule has 108 valence electrons. The number of fused-ring (bicyclic) bond motifs is 3. The van der Waals surface area contributed by atoms with Crippen LogP contribution in [0.2, 0.25) is 0 Å². The van der Waals surface area contributed by atoms with Gasteiger partial charge < -0.3 is 4.74 Å². The van der Waals surface area contributed by atoms with Crippen LogP contribution >= 0.6 is 11.3 Å². The monoisotopic (exact) mass is 309 g/mol. The average Bonchev–Trinajstić information content (AvgIpc) is 3.05. The van der Waals surface area contributed by atoms with Crippen LogP contribution in [0.15, 0.2) is 47.4 Å². The molecule has 0 N–H and O–H groups in total. The van der Waals surface area contributed by atoms with Gasteiger partial charge in [0, 0.05) is 6.20 Å². The number of hydrogen-bond donors (Lipinski definition) is 0. The fourth-order valence-corrected chi connectivity index (χ4v) is 3.31. The number of thiazole rings is 1. The zero-order chi connectivity index (χ0) is 15.1. The molecular formula is C16H11N3O2S. The number of methoxy groups -OCH3 is 1. The Morgan fingerprint density at radius 1 is 1.23 bits per heavy atom. The molecule has 0 bridgehead atoms. The molecule has 0 saturated heterocycles. The number of rotatable bonds is 2. The highest BCUT2D eigenvalue weighted by molar-refractivity contribution is 7.15. The summed E-state index contributed by atoms with van der Waals surface area (Å²) < 4.78 is 7.34. The highest BCUT2D eigenvalue weighted by Gasteiger charge is 2.11. The first kappa shape index (κ1) is 13.0. The van der Waals surface area contributed by atoms with Gasteiger partial charge in [0.2, 0.25) is 0 Å². The average molecular weight is 309 g/mol. The molecule has 0 aliphatic heterocycles. The van der Waals surface area contributed by atoms with Crippen molar-refractivity contribution in [2.75, 3.05) is 7.11 Å². The fraction of sp³-hybridized carbons (Fsp3) is 0.0625. The molecule has 4 aromatic rings. The van der Waals surface area contributed by atoms with Crippen LogP contribution in [0.3, 0.4) is 0 Å². The molecule has 3 aromatic heterocycles. The number of ether oxygens (including phenoxy) is 1. The van der Waals surface area contributed by atoms with Gasteiger partial charge in [-0.25, -0.2) is 14.4 Å². The third-order valence-corrected chi connectivity index (χ3v) is 4.38. The first-order chi connectivity index (χ1) is 10.8. The van der Waals surface area contributed by atoms with E-state index in [0.717, 1.165) is 16.8 Å². The topological polar surface area (TPSA) is 56.5 Å². The summed E-state index contributed by atoms with van der Waals surface area (Å²) in [7, 11) is 1.63. The van der Waals surface area contributed by atoms with E-state index >= 15 is 0 Å². The lowest BCUT2D eigenvalue weighted by Crippen LogP contribution is -2.22. The van der Waals surface area contributed by atoms with Gasteiger partial charge in [0.25, 0.3) is 5.56 Å². The summed E-state index contributed by atoms with van der Waals surface area (Å²) in [6, 6.07) is 11.2. The zero-order valence-electron chi connectivity index (χ0n) is 11.7. The molecule has 0 amide bonds. The van der Waals surface area contributed by atoms with Crippen LogP contribution < -0.4 is 14.8 Å². The first-order valence-electron chi connectivity index (χ1n) is 6.68. The van der Waals surface area contributed by atoms with Crippen molar-refractivity contribution in [3.05, 3.63) is 63.0 Å². The zero-order valence-corrected chi connectivity index (χ0v) is 12.5. The molecule has 0 atom stereocenters. The van der Waals surface area contributed by atoms with Crippen LogP contribution in [-0.2, 0) is 0 Å². The van der Waals surface area contributed by atoms with Gasteiger partial charge in [-0.2, -0.15) is 0 Å². The second kappa shape index (κ2) is 4.92. The van der Waals surface area contributed by atoms with Crippen LogP contribution in [0.4, 0.5) is 0 Å². The minimum atomic E-state index is -0.0861. The van der Waals surface area contributed by atoms with Crippen molar-refractivity contribution in [3.63, 3.8) is 0 Å². The summed E-state index contributed by atoms with van der Waals surface area (Å²) in [6.07, 6.45) is 3.52. The van der Waals surface area contributed by atoms with Crippen molar-refractivity contribution in [1.29, 1.82) is 0 Å². The highest BCUT2D eigenvalue weighted by atomic mass is 32.1. The minimum absolute atomic E-state index is 0.0861. The Balaban J connectivity index is 1.93. The maximum absolute atomic E-state index is 12.6. The lowest BCUT2D eigenvalue weighted by molar-refractivity contribution is 0.415. The van der Waals surface area contributed by atoms with E-state index in [9.17, 15) is 4.79 Å². The van der Waals surface area contributed by atoms with Crippen molar-refractivity contribution >= 4 is 33.5 Å². The van der Waals surface area contributed by atoms with Gasteiger partial charge in [-0.3, -0.25) is 4.79 Å². The summed E-state index contributed by atoms with van der Waals surface area (Å²) in [5.41, 5.74) is 2.20. The van der Waals surface area contributed by atoms with Gasteiger partial charge >= 0.3 is 0 Å². The van der Waals surface area contributed by atoms with E-state index < -0.39 is 0 Å². The Kier molecular flexibility index (Phi) is 2.90. The molecule has 0 aliphatic rings. The number of aromatic nitrogens is 3. The Labute approximate surface area is 129 Å². The Morgan fingerprint density at radius 2 is 2.05 bits per heavy atom. The van der Waals surface area contributed by atoms with E-state index in [0.29, 0.717) is 15.1 Å². The summed E-state index contributed by atoms with van der Waals surface area (Å²) in [6.45, 7) is 0. The predicted octanol–water partition coefficient (Wildman–Crippen LogP) is 1.86. The van der Waals surface area contributed by atoms with Crippen molar-refractivity contribution in [2.24, 2.45) is 0 Å². The SMILES string of the molecule is COc1ccc(/C=c2\sc3nc4cccnc4n3c2=O)cc1. The van der Waals surface area contributed by atoms with E-state index in [4.69, 9.17) is 4.74 Å². The van der Waals surface area contributed by atoms with E-state index in [1.165, 1.54) is 11.3 Å². The van der Waals surface area contributed by atoms with Crippen LogP contribution in [0.1, 0.15) is 5.56 Å². The second-order valence-corrected chi connectivity index (χ2v) is 5.77. The second-order valence-electron chi connectivity index (χ2n) is 4.76. The summed E-state index contributed by atoms with van der Waals surface area (Å²) in [5.74, 6) is 0.788. The molecule has 0 aliphatic carbocycles. The Morgan fingerprint density at radius 3 is 2.82 bits per heavy atom. The third kappa shape index (κ3) is 1.96. The van der Waals surface area contributed by atoms with Gasteiger partial charge in [0.1, 0.15) is 11.3 Å². The smallest absolute Gasteiger partial charge is 0.276 e. The number of hydrogen-bond acceptors (Lipinski definition) is 5. The van der Waals surface area contributed by atoms with Crippen LogP contribution in [-0.4, -0.2) is 21.5 Å². The number of benzene rings is 1. The number of pyridine rings is 1. The largest absolute Gasteiger partial charge is 0.497 e. The lowest BCUT2D eigenvalue weighted by atomic mass is 10.2. The van der Waals surface area contributed by atoms with E-state index in [-0.39, 0.29) is 5.56 Å². The van der Waals surface area contributed by atoms with Gasteiger partial charge in [-0.05, 0) is 35.9 Å². The predicted molar refractivity (Wildman–Crippen MR) is 86.4 cm³/mol. The van der Waals surface area contributed by atoms with E-state index in [1.54, 1.807) is 17.7 Å². The van der Waals surface area contributed by atoms with Gasteiger partial charge in [0.05, 0.1) is 11.6 Å². The fourth-order valence-electron chi connectivity index (χ4n) is 2.34. The molecule has 0 fully saturated rings. The minimum Gasteiger partial charge on any atom is -0.497 e. The van der Waals surface area contributed by atoms with Gasteiger partial charge in [0.15, 0.2) is 10.6 Å². The summed E-state index contributed by atoms with van der Waals surface area (Å²) in [5, 5.41) is 0. The molecule has 0 unspecified atom stereocenters. The van der Waals surface area contributed by atoms with Crippen LogP contribution in [0.5, 0.6) is 5.75 Å². The number of imidazole rings is 1. The number of nitrogens with zero attached hydrogens (tertiary/aromatic N) is 3. The Hall–Kier alpha value is -2.73. The first-order valence-corrected chi connectivity index (χ1v) is 7.50. The van der Waals surface area contributed by atoms with Crippen molar-refractivity contribution < 1.29 is 4.74 Å². The van der Waals surface area contributed by atoms with E-state index in [2.05, 4.69) is 9.97 Å². The molecule has 5 nitrogen and oxygen atoms in total.